The Hall–Kier alpha value is -0.640. The highest BCUT2D eigenvalue weighted by Gasteiger charge is 2.16. The highest BCUT2D eigenvalue weighted by atomic mass is 127. The van der Waals surface area contributed by atoms with Crippen LogP contribution in [-0.2, 0) is 19.4 Å². The minimum absolute atomic E-state index is 0. The first-order chi connectivity index (χ1) is 12.3. The van der Waals surface area contributed by atoms with Gasteiger partial charge in [-0.05, 0) is 48.2 Å². The summed E-state index contributed by atoms with van der Waals surface area (Å²) < 4.78 is 0. The molecule has 1 aliphatic heterocycles. The molecule has 2 aromatic rings. The van der Waals surface area contributed by atoms with Crippen molar-refractivity contribution in [2.75, 3.05) is 39.8 Å². The lowest BCUT2D eigenvalue weighted by Gasteiger charge is -2.26. The maximum Gasteiger partial charge on any atom is 0.193 e. The van der Waals surface area contributed by atoms with Gasteiger partial charge in [-0.1, -0.05) is 6.07 Å². The van der Waals surface area contributed by atoms with Gasteiger partial charge in [0, 0.05) is 49.5 Å². The highest BCUT2D eigenvalue weighted by molar-refractivity contribution is 14.0. The van der Waals surface area contributed by atoms with Crippen molar-refractivity contribution in [3.05, 3.63) is 44.3 Å². The van der Waals surface area contributed by atoms with Gasteiger partial charge in [-0.25, -0.2) is 0 Å². The van der Waals surface area contributed by atoms with Gasteiger partial charge in [0.1, 0.15) is 0 Å². The molecule has 0 aromatic carbocycles. The van der Waals surface area contributed by atoms with Gasteiger partial charge in [0.25, 0.3) is 0 Å². The Bertz CT molecular complexity index is 669. The molecule has 0 saturated heterocycles. The molecule has 2 aromatic heterocycles. The van der Waals surface area contributed by atoms with Crippen molar-refractivity contribution >= 4 is 52.6 Å². The van der Waals surface area contributed by atoms with Crippen LogP contribution in [0.15, 0.2) is 34.0 Å². The van der Waals surface area contributed by atoms with E-state index in [0.717, 1.165) is 51.6 Å². The van der Waals surface area contributed by atoms with Crippen LogP contribution in [0, 0.1) is 0 Å². The van der Waals surface area contributed by atoms with Gasteiger partial charge in [-0.3, -0.25) is 9.89 Å². The van der Waals surface area contributed by atoms with E-state index >= 15 is 0 Å². The van der Waals surface area contributed by atoms with Crippen molar-refractivity contribution in [1.82, 2.24) is 15.1 Å². The van der Waals surface area contributed by atoms with Gasteiger partial charge >= 0.3 is 0 Å². The van der Waals surface area contributed by atoms with Crippen LogP contribution in [-0.4, -0.2) is 55.5 Å². The minimum Gasteiger partial charge on any atom is -0.357 e. The molecule has 0 bridgehead atoms. The first kappa shape index (κ1) is 21.7. The molecule has 1 N–H and O–H groups in total. The van der Waals surface area contributed by atoms with Crippen LogP contribution < -0.4 is 5.32 Å². The lowest BCUT2D eigenvalue weighted by molar-refractivity contribution is 0.263. The smallest absolute Gasteiger partial charge is 0.193 e. The predicted molar refractivity (Wildman–Crippen MR) is 125 cm³/mol. The zero-order valence-corrected chi connectivity index (χ0v) is 19.6. The molecule has 144 valence electrons. The second kappa shape index (κ2) is 11.3. The van der Waals surface area contributed by atoms with E-state index in [1.165, 1.54) is 16.9 Å². The Labute approximate surface area is 182 Å². The summed E-state index contributed by atoms with van der Waals surface area (Å²) in [6.07, 6.45) is 2.27. The second-order valence-electron chi connectivity index (χ2n) is 6.38. The van der Waals surface area contributed by atoms with E-state index in [1.807, 2.05) is 22.7 Å². The lowest BCUT2D eigenvalue weighted by Crippen LogP contribution is -2.40. The van der Waals surface area contributed by atoms with Gasteiger partial charge in [0.05, 0.1) is 6.54 Å². The molecular weight excluding hydrogens is 475 g/mol. The topological polar surface area (TPSA) is 30.9 Å². The summed E-state index contributed by atoms with van der Waals surface area (Å²) in [5, 5.41) is 7.79. The maximum atomic E-state index is 4.85. The van der Waals surface area contributed by atoms with Crippen molar-refractivity contribution in [1.29, 1.82) is 0 Å². The van der Waals surface area contributed by atoms with Crippen molar-refractivity contribution in [3.63, 3.8) is 0 Å². The van der Waals surface area contributed by atoms with Gasteiger partial charge < -0.3 is 10.2 Å². The fraction of sp³-hybridized carbons (Fsp3) is 0.526. The SMILES string of the molecule is CCNC(=NCCN1CCc2sccc2C1)N(C)CCc1cccs1.I. The van der Waals surface area contributed by atoms with Crippen molar-refractivity contribution < 1.29 is 0 Å². The summed E-state index contributed by atoms with van der Waals surface area (Å²) >= 11 is 3.73. The molecule has 4 nitrogen and oxygen atoms in total. The molecular formula is C19H29IN4S2. The number of guanidine groups is 1. The highest BCUT2D eigenvalue weighted by Crippen LogP contribution is 2.23. The zero-order valence-electron chi connectivity index (χ0n) is 15.6. The van der Waals surface area contributed by atoms with E-state index in [1.54, 1.807) is 4.88 Å². The van der Waals surface area contributed by atoms with Gasteiger partial charge in [0.2, 0.25) is 0 Å². The average Bonchev–Trinajstić information content (AvgIpc) is 3.30. The van der Waals surface area contributed by atoms with Gasteiger partial charge in [-0.15, -0.1) is 46.7 Å². The standard InChI is InChI=1S/C19H28N4S2.HI/c1-3-20-19(22(2)10-6-17-5-4-13-24-17)21-9-12-23-11-7-18-16(15-23)8-14-25-18;/h4-5,8,13-14H,3,6-7,9-12,15H2,1-2H3,(H,20,21);1H. The second-order valence-corrected chi connectivity index (χ2v) is 8.41. The van der Waals surface area contributed by atoms with Crippen LogP contribution in [0.4, 0.5) is 0 Å². The van der Waals surface area contributed by atoms with Crippen LogP contribution >= 0.6 is 46.7 Å². The Morgan fingerprint density at radius 2 is 2.19 bits per heavy atom. The van der Waals surface area contributed by atoms with Crippen molar-refractivity contribution in [2.45, 2.75) is 26.3 Å². The zero-order chi connectivity index (χ0) is 17.5. The number of aliphatic imine (C=N–C) groups is 1. The van der Waals surface area contributed by atoms with Crippen molar-refractivity contribution in [2.24, 2.45) is 4.99 Å². The molecule has 0 radical (unpaired) electrons. The van der Waals surface area contributed by atoms with E-state index in [9.17, 15) is 0 Å². The number of nitrogens with zero attached hydrogens (tertiary/aromatic N) is 3. The maximum absolute atomic E-state index is 4.85. The van der Waals surface area contributed by atoms with E-state index in [4.69, 9.17) is 4.99 Å². The number of likely N-dealkylation sites (N-methyl/N-ethyl adjacent to an activating group) is 1. The van der Waals surface area contributed by atoms with E-state index in [0.29, 0.717) is 0 Å². The molecule has 0 atom stereocenters. The number of fused-ring (bicyclic) bond motifs is 1. The largest absolute Gasteiger partial charge is 0.357 e. The Balaban J connectivity index is 0.00000243. The monoisotopic (exact) mass is 504 g/mol. The van der Waals surface area contributed by atoms with Gasteiger partial charge in [0.15, 0.2) is 5.96 Å². The van der Waals surface area contributed by atoms with E-state index in [-0.39, 0.29) is 24.0 Å². The number of rotatable bonds is 7. The first-order valence-electron chi connectivity index (χ1n) is 9.05. The van der Waals surface area contributed by atoms with Crippen LogP contribution in [0.5, 0.6) is 0 Å². The Kier molecular flexibility index (Phi) is 9.38. The first-order valence-corrected chi connectivity index (χ1v) is 10.8. The fourth-order valence-electron chi connectivity index (χ4n) is 3.10. The normalized spacial score (nSPS) is 14.6. The third-order valence-corrected chi connectivity index (χ3v) is 6.49. The molecule has 0 aliphatic carbocycles. The van der Waals surface area contributed by atoms with Crippen LogP contribution in [0.25, 0.3) is 0 Å². The predicted octanol–water partition coefficient (Wildman–Crippen LogP) is 3.93. The number of halogens is 1. The van der Waals surface area contributed by atoms with Crippen LogP contribution in [0.3, 0.4) is 0 Å². The lowest BCUT2D eigenvalue weighted by atomic mass is 10.1. The third kappa shape index (κ3) is 6.21. The Morgan fingerprint density at radius 3 is 2.96 bits per heavy atom. The summed E-state index contributed by atoms with van der Waals surface area (Å²) in [6.45, 7) is 8.16. The van der Waals surface area contributed by atoms with Crippen LogP contribution in [0.1, 0.15) is 22.2 Å². The van der Waals surface area contributed by atoms with E-state index in [2.05, 4.69) is 58.0 Å². The number of nitrogens with one attached hydrogen (secondary N) is 1. The molecule has 0 unspecified atom stereocenters. The molecule has 0 saturated carbocycles. The Morgan fingerprint density at radius 1 is 1.31 bits per heavy atom. The molecule has 26 heavy (non-hydrogen) atoms. The minimum atomic E-state index is 0. The molecule has 3 rings (SSSR count). The molecule has 0 fully saturated rings. The molecule has 3 heterocycles. The molecule has 1 aliphatic rings. The summed E-state index contributed by atoms with van der Waals surface area (Å²) in [6, 6.07) is 6.60. The number of thiophene rings is 2. The molecule has 7 heteroatoms. The summed E-state index contributed by atoms with van der Waals surface area (Å²) in [4.78, 5) is 12.6. The molecule has 0 amide bonds. The summed E-state index contributed by atoms with van der Waals surface area (Å²) in [7, 11) is 2.13. The average molecular weight is 505 g/mol. The fourth-order valence-corrected chi connectivity index (χ4v) is 4.69. The van der Waals surface area contributed by atoms with E-state index < -0.39 is 0 Å². The quantitative estimate of drug-likeness (QED) is 0.352. The van der Waals surface area contributed by atoms with Crippen molar-refractivity contribution in [3.8, 4) is 0 Å². The number of hydrogen-bond donors (Lipinski definition) is 1. The summed E-state index contributed by atoms with van der Waals surface area (Å²) in [5.41, 5.74) is 1.51. The number of hydrogen-bond acceptors (Lipinski definition) is 4. The van der Waals surface area contributed by atoms with Crippen LogP contribution in [0.2, 0.25) is 0 Å². The van der Waals surface area contributed by atoms with Gasteiger partial charge in [-0.2, -0.15) is 0 Å². The summed E-state index contributed by atoms with van der Waals surface area (Å²) in [5.74, 6) is 1.02. The molecule has 0 spiro atoms. The third-order valence-electron chi connectivity index (χ3n) is 4.53.